The summed E-state index contributed by atoms with van der Waals surface area (Å²) in [7, 11) is 6.90. The summed E-state index contributed by atoms with van der Waals surface area (Å²) in [5, 5.41) is 23.2. The number of likely N-dealkylation sites (N-methyl/N-ethyl adjacent to an activating group) is 1. The molecule has 41 heavy (non-hydrogen) atoms. The lowest BCUT2D eigenvalue weighted by atomic mass is 9.52. The summed E-state index contributed by atoms with van der Waals surface area (Å²) >= 11 is 0. The Morgan fingerprint density at radius 3 is 2.24 bits per heavy atom. The van der Waals surface area contributed by atoms with E-state index in [1.807, 2.05) is 55.4 Å². The summed E-state index contributed by atoms with van der Waals surface area (Å²) in [6, 6.07) is 10.6. The maximum atomic E-state index is 14.1. The molecule has 0 aromatic heterocycles. The van der Waals surface area contributed by atoms with Gasteiger partial charge in [0.1, 0.15) is 17.5 Å². The van der Waals surface area contributed by atoms with Crippen LogP contribution in [-0.4, -0.2) is 83.9 Å². The van der Waals surface area contributed by atoms with Gasteiger partial charge in [-0.25, -0.2) is 0 Å². The fourth-order valence-electron chi connectivity index (χ4n) is 7.34. The molecule has 0 heterocycles. The quantitative estimate of drug-likeness (QED) is 0.508. The molecule has 0 bridgehead atoms. The van der Waals surface area contributed by atoms with Crippen molar-refractivity contribution in [2.45, 2.75) is 44.2 Å². The Morgan fingerprint density at radius 2 is 1.66 bits per heavy atom. The molecule has 0 radical (unpaired) electrons. The number of ketones is 5. The molecule has 2 unspecified atom stereocenters. The first-order valence-corrected chi connectivity index (χ1v) is 13.9. The summed E-state index contributed by atoms with van der Waals surface area (Å²) in [6.07, 6.45) is 1.40. The predicted molar refractivity (Wildman–Crippen MR) is 151 cm³/mol. The summed E-state index contributed by atoms with van der Waals surface area (Å²) in [4.78, 5) is 70.9. The predicted octanol–water partition coefficient (Wildman–Crippen LogP) is 1.82. The molecule has 2 saturated carbocycles. The van der Waals surface area contributed by atoms with Crippen LogP contribution in [0.1, 0.15) is 40.4 Å². The largest absolute Gasteiger partial charge is 0.507 e. The second kappa shape index (κ2) is 10.3. The molecule has 2 fully saturated rings. The third-order valence-electron chi connectivity index (χ3n) is 9.25. The highest BCUT2D eigenvalue weighted by Gasteiger charge is 2.69. The van der Waals surface area contributed by atoms with Gasteiger partial charge in [0.25, 0.3) is 0 Å². The zero-order valence-electron chi connectivity index (χ0n) is 24.0. The number of hydrogen-bond donors (Lipinski definition) is 2. The standard InChI is InChI=1S/C32H36N2O7/c1-16(35)23-29(38)26(34(4)5)21-14-19-13-20-22(33(2)3)15-18(12-11-17-9-7-6-8-10-17)27(36)25(20)28(37)24(19)31(40)32(21,41)30(23)39/h6-10,15,19,21,23-24,26,36,41H,11-14H2,1-5H3/t19-,21-,23?,24?,26-,32+/m0/s1. The fraction of sp³-hybridized carbons (Fsp3) is 0.469. The number of carbonyl (C=O) groups excluding carboxylic acids is 5. The zero-order valence-corrected chi connectivity index (χ0v) is 24.0. The van der Waals surface area contributed by atoms with Gasteiger partial charge in [-0.05, 0) is 75.4 Å². The number of Topliss-reactive ketones (excluding diaryl/α,β-unsaturated/α-hetero) is 5. The van der Waals surface area contributed by atoms with E-state index in [1.54, 1.807) is 14.1 Å². The van der Waals surface area contributed by atoms with Gasteiger partial charge in [0.2, 0.25) is 0 Å². The SMILES string of the molecule is CC(=O)C1C(=O)[C@@H](N(C)C)[C@@H]2C[C@@H]3Cc4c(N(C)C)cc(CCc5ccccc5)c(O)c4C(=O)C3C(=O)[C@]2(O)C1=O. The second-order valence-electron chi connectivity index (χ2n) is 12.1. The monoisotopic (exact) mass is 560 g/mol. The number of nitrogens with zero attached hydrogens (tertiary/aromatic N) is 2. The number of fused-ring (bicyclic) bond motifs is 3. The molecule has 0 amide bonds. The molecule has 6 atom stereocenters. The average Bonchev–Trinajstić information content (AvgIpc) is 2.90. The zero-order chi connectivity index (χ0) is 30.0. The Morgan fingerprint density at radius 1 is 1.00 bits per heavy atom. The minimum Gasteiger partial charge on any atom is -0.507 e. The van der Waals surface area contributed by atoms with E-state index >= 15 is 0 Å². The van der Waals surface area contributed by atoms with Crippen LogP contribution in [0.25, 0.3) is 0 Å². The lowest BCUT2D eigenvalue weighted by Crippen LogP contribution is -2.73. The molecule has 216 valence electrons. The van der Waals surface area contributed by atoms with Crippen LogP contribution in [0.3, 0.4) is 0 Å². The molecule has 9 heteroatoms. The third-order valence-corrected chi connectivity index (χ3v) is 9.25. The summed E-state index contributed by atoms with van der Waals surface area (Å²) in [5.41, 5.74) is 0.376. The van der Waals surface area contributed by atoms with Crippen molar-refractivity contribution in [2.75, 3.05) is 33.1 Å². The van der Waals surface area contributed by atoms with E-state index in [9.17, 15) is 34.2 Å². The van der Waals surface area contributed by atoms with Crippen molar-refractivity contribution in [2.24, 2.45) is 23.7 Å². The topological polar surface area (TPSA) is 132 Å². The van der Waals surface area contributed by atoms with Crippen LogP contribution in [0.2, 0.25) is 0 Å². The molecule has 2 aromatic rings. The van der Waals surface area contributed by atoms with Crippen LogP contribution >= 0.6 is 0 Å². The van der Waals surface area contributed by atoms with E-state index in [1.165, 1.54) is 4.90 Å². The minimum atomic E-state index is -2.65. The van der Waals surface area contributed by atoms with Gasteiger partial charge in [-0.3, -0.25) is 28.9 Å². The molecule has 2 N–H and O–H groups in total. The molecular weight excluding hydrogens is 524 g/mol. The first-order chi connectivity index (χ1) is 19.3. The summed E-state index contributed by atoms with van der Waals surface area (Å²) in [6.45, 7) is 1.09. The molecule has 9 nitrogen and oxygen atoms in total. The number of rotatable bonds is 6. The molecular formula is C32H36N2O7. The smallest absolute Gasteiger partial charge is 0.190 e. The highest BCUT2D eigenvalue weighted by molar-refractivity contribution is 6.32. The number of aliphatic hydroxyl groups is 1. The number of phenols is 1. The third kappa shape index (κ3) is 4.33. The van der Waals surface area contributed by atoms with E-state index in [0.717, 1.165) is 18.2 Å². The van der Waals surface area contributed by atoms with Crippen molar-refractivity contribution in [3.63, 3.8) is 0 Å². The Kier molecular flexibility index (Phi) is 7.24. The highest BCUT2D eigenvalue weighted by Crippen LogP contribution is 2.52. The van der Waals surface area contributed by atoms with E-state index < -0.39 is 64.2 Å². The van der Waals surface area contributed by atoms with Crippen LogP contribution < -0.4 is 4.90 Å². The van der Waals surface area contributed by atoms with Gasteiger partial charge in [0, 0.05) is 25.7 Å². The number of anilines is 1. The number of aromatic hydroxyl groups is 1. The van der Waals surface area contributed by atoms with E-state index in [-0.39, 0.29) is 24.2 Å². The molecule has 0 saturated heterocycles. The van der Waals surface area contributed by atoms with E-state index in [0.29, 0.717) is 24.0 Å². The van der Waals surface area contributed by atoms with Crippen molar-refractivity contribution in [1.82, 2.24) is 4.90 Å². The second-order valence-corrected chi connectivity index (χ2v) is 12.1. The Balaban J connectivity index is 1.60. The average molecular weight is 561 g/mol. The van der Waals surface area contributed by atoms with Gasteiger partial charge in [-0.15, -0.1) is 0 Å². The number of phenolic OH excluding ortho intramolecular Hbond substituents is 1. The maximum absolute atomic E-state index is 14.1. The number of aryl methyl sites for hydroxylation is 2. The van der Waals surface area contributed by atoms with Crippen molar-refractivity contribution >= 4 is 34.6 Å². The van der Waals surface area contributed by atoms with Gasteiger partial charge in [-0.1, -0.05) is 30.3 Å². The summed E-state index contributed by atoms with van der Waals surface area (Å²) < 4.78 is 0. The molecule has 0 aliphatic heterocycles. The normalized spacial score (nSPS) is 29.2. The van der Waals surface area contributed by atoms with Crippen molar-refractivity contribution < 1.29 is 34.2 Å². The van der Waals surface area contributed by atoms with Crippen molar-refractivity contribution in [3.8, 4) is 5.75 Å². The van der Waals surface area contributed by atoms with Crippen molar-refractivity contribution in [3.05, 3.63) is 58.7 Å². The van der Waals surface area contributed by atoms with Gasteiger partial charge in [0.05, 0.1) is 17.5 Å². The Hall–Kier alpha value is -3.69. The number of carbonyl (C=O) groups is 5. The Bertz CT molecular complexity index is 1460. The highest BCUT2D eigenvalue weighted by atomic mass is 16.3. The van der Waals surface area contributed by atoms with Gasteiger partial charge >= 0.3 is 0 Å². The molecule has 2 aromatic carbocycles. The number of benzene rings is 2. The molecule has 0 spiro atoms. The van der Waals surface area contributed by atoms with Crippen LogP contribution in [0.5, 0.6) is 5.75 Å². The van der Waals surface area contributed by atoms with Crippen molar-refractivity contribution in [1.29, 1.82) is 0 Å². The first-order valence-electron chi connectivity index (χ1n) is 13.9. The van der Waals surface area contributed by atoms with Crippen LogP contribution in [0, 0.1) is 23.7 Å². The molecule has 3 aliphatic rings. The Labute approximate surface area is 239 Å². The first kappa shape index (κ1) is 28.8. The minimum absolute atomic E-state index is 0.0440. The molecule has 5 rings (SSSR count). The van der Waals surface area contributed by atoms with Crippen LogP contribution in [0.4, 0.5) is 5.69 Å². The molecule has 3 aliphatic carbocycles. The maximum Gasteiger partial charge on any atom is 0.190 e. The number of hydrogen-bond acceptors (Lipinski definition) is 9. The fourth-order valence-corrected chi connectivity index (χ4v) is 7.34. The van der Waals surface area contributed by atoms with Gasteiger partial charge in [0.15, 0.2) is 28.7 Å². The summed E-state index contributed by atoms with van der Waals surface area (Å²) in [5.74, 6) is -9.16. The van der Waals surface area contributed by atoms with Gasteiger partial charge < -0.3 is 15.1 Å². The van der Waals surface area contributed by atoms with E-state index in [4.69, 9.17) is 0 Å². The van der Waals surface area contributed by atoms with Crippen LogP contribution in [0.15, 0.2) is 36.4 Å². The van der Waals surface area contributed by atoms with Crippen LogP contribution in [-0.2, 0) is 38.4 Å². The lowest BCUT2D eigenvalue weighted by Gasteiger charge is -2.52. The van der Waals surface area contributed by atoms with E-state index in [2.05, 4.69) is 0 Å². The van der Waals surface area contributed by atoms with Gasteiger partial charge in [-0.2, -0.15) is 0 Å². The lowest BCUT2D eigenvalue weighted by molar-refractivity contribution is -0.181.